The molecular formula is C41H41N5O11. The lowest BCUT2D eigenvalue weighted by molar-refractivity contribution is -0.172. The maximum absolute atomic E-state index is 13.9. The number of ether oxygens (including phenoxy) is 2. The smallest absolute Gasteiger partial charge is 0.408 e. The third kappa shape index (κ3) is 7.33. The Bertz CT molecular complexity index is 2450. The largest absolute Gasteiger partial charge is 0.508 e. The molecule has 296 valence electrons. The van der Waals surface area contributed by atoms with Crippen molar-refractivity contribution in [2.75, 3.05) is 6.54 Å². The number of alkyl carbamates (subject to hydrolysis) is 1. The van der Waals surface area contributed by atoms with Gasteiger partial charge in [0, 0.05) is 48.2 Å². The van der Waals surface area contributed by atoms with E-state index in [-0.39, 0.29) is 73.0 Å². The number of carbonyl (C=O) groups is 4. The van der Waals surface area contributed by atoms with Crippen molar-refractivity contribution >= 4 is 34.8 Å². The predicted molar refractivity (Wildman–Crippen MR) is 203 cm³/mol. The third-order valence-corrected chi connectivity index (χ3v) is 10.4. The number of unbranched alkanes of at least 4 members (excludes halogenated alkanes) is 2. The van der Waals surface area contributed by atoms with Crippen LogP contribution >= 0.6 is 0 Å². The van der Waals surface area contributed by atoms with E-state index >= 15 is 0 Å². The van der Waals surface area contributed by atoms with Crippen LogP contribution in [-0.2, 0) is 50.8 Å². The van der Waals surface area contributed by atoms with E-state index in [1.165, 1.54) is 24.3 Å². The number of aromatic hydroxyl groups is 3. The number of phenols is 1. The fourth-order valence-corrected chi connectivity index (χ4v) is 7.36. The minimum Gasteiger partial charge on any atom is -0.508 e. The van der Waals surface area contributed by atoms with Gasteiger partial charge >= 0.3 is 18.0 Å². The van der Waals surface area contributed by atoms with Crippen LogP contribution in [0, 0.1) is 0 Å². The molecule has 1 atom stereocenters. The average molecular weight is 780 g/mol. The molecule has 2 aromatic carbocycles. The molecule has 5 N–H and O–H groups in total. The fraction of sp³-hybridized carbons (Fsp3) is 0.317. The van der Waals surface area contributed by atoms with Crippen LogP contribution in [0.1, 0.15) is 84.1 Å². The van der Waals surface area contributed by atoms with Gasteiger partial charge in [-0.05, 0) is 73.2 Å². The molecule has 0 fully saturated rings. The molecule has 0 spiro atoms. The van der Waals surface area contributed by atoms with E-state index in [9.17, 15) is 39.3 Å². The SMILES string of the molecule is CCc1c2c(nc3ccc(O)cc13)-c1cc3c(c(=O)n1C2)COC(=O)[C@@]3(CC)OC(=O)NCCCCCC(=O)NCc1ccc(C(=O)On2c(O)ccc2O)cc1. The monoisotopic (exact) mass is 779 g/mol. The Kier molecular flexibility index (Phi) is 10.6. The summed E-state index contributed by atoms with van der Waals surface area (Å²) in [5, 5.41) is 35.7. The Balaban J connectivity index is 0.914. The molecule has 7 rings (SSSR count). The minimum atomic E-state index is -1.86. The molecule has 5 aromatic rings. The molecule has 2 aliphatic rings. The lowest BCUT2D eigenvalue weighted by Crippen LogP contribution is -2.49. The first kappa shape index (κ1) is 38.4. The van der Waals surface area contributed by atoms with E-state index in [4.69, 9.17) is 19.3 Å². The number of amides is 2. The van der Waals surface area contributed by atoms with Crippen LogP contribution in [-0.4, -0.2) is 60.1 Å². The zero-order chi connectivity index (χ0) is 40.4. The van der Waals surface area contributed by atoms with Gasteiger partial charge in [-0.1, -0.05) is 32.4 Å². The second-order valence-corrected chi connectivity index (χ2v) is 13.9. The minimum absolute atomic E-state index is 0.0174. The Morgan fingerprint density at radius 2 is 1.67 bits per heavy atom. The molecule has 2 amide bonds. The van der Waals surface area contributed by atoms with Gasteiger partial charge in [-0.25, -0.2) is 19.4 Å². The molecule has 0 radical (unpaired) electrons. The van der Waals surface area contributed by atoms with Crippen LogP contribution in [0.3, 0.4) is 0 Å². The van der Waals surface area contributed by atoms with Gasteiger partial charge < -0.3 is 44.8 Å². The first-order valence-corrected chi connectivity index (χ1v) is 18.7. The maximum Gasteiger partial charge on any atom is 0.408 e. The molecular weight excluding hydrogens is 738 g/mol. The number of pyridine rings is 2. The van der Waals surface area contributed by atoms with Gasteiger partial charge in [0.2, 0.25) is 23.3 Å². The summed E-state index contributed by atoms with van der Waals surface area (Å²) in [4.78, 5) is 75.1. The van der Waals surface area contributed by atoms with Crippen LogP contribution in [0.4, 0.5) is 4.79 Å². The van der Waals surface area contributed by atoms with Crippen molar-refractivity contribution in [3.05, 3.63) is 104 Å². The van der Waals surface area contributed by atoms with Gasteiger partial charge in [0.1, 0.15) is 12.4 Å². The molecule has 3 aromatic heterocycles. The standard InChI is InChI=1S/C41H41N5O11/c1-3-26-27-18-25(47)13-14-31(27)44-36-28(26)21-45-32(36)19-30-29(37(45)51)22-55-39(53)41(30,4-2)56-40(54)42-17-7-5-6-8-33(48)43-20-23-9-11-24(12-10-23)38(52)57-46-34(49)15-16-35(46)50/h9-16,18-19,47,49-50H,3-8,17,20-22H2,1-2H3,(H,42,54)(H,43,48)/t41-/m0/s1. The van der Waals surface area contributed by atoms with E-state index in [0.717, 1.165) is 22.1 Å². The first-order valence-electron chi connectivity index (χ1n) is 18.7. The van der Waals surface area contributed by atoms with E-state index in [2.05, 4.69) is 10.6 Å². The maximum atomic E-state index is 13.9. The van der Waals surface area contributed by atoms with Crippen molar-refractivity contribution in [3.8, 4) is 28.9 Å². The normalized spacial score (nSPS) is 15.3. The van der Waals surface area contributed by atoms with Gasteiger partial charge in [0.25, 0.3) is 5.56 Å². The second-order valence-electron chi connectivity index (χ2n) is 13.9. The third-order valence-electron chi connectivity index (χ3n) is 10.4. The topological polar surface area (TPSA) is 221 Å². The summed E-state index contributed by atoms with van der Waals surface area (Å²) in [6, 6.07) is 15.3. The summed E-state index contributed by atoms with van der Waals surface area (Å²) in [7, 11) is 0. The lowest BCUT2D eigenvalue weighted by Gasteiger charge is -2.35. The van der Waals surface area contributed by atoms with E-state index in [1.54, 1.807) is 47.9 Å². The predicted octanol–water partition coefficient (Wildman–Crippen LogP) is 4.44. The highest BCUT2D eigenvalue weighted by Gasteiger charge is 2.50. The number of esters is 1. The van der Waals surface area contributed by atoms with Gasteiger partial charge in [-0.2, -0.15) is 0 Å². The highest BCUT2D eigenvalue weighted by Crippen LogP contribution is 2.42. The van der Waals surface area contributed by atoms with Crippen molar-refractivity contribution in [1.29, 1.82) is 0 Å². The number of rotatable bonds is 13. The fourth-order valence-electron chi connectivity index (χ4n) is 7.36. The van der Waals surface area contributed by atoms with Crippen molar-refractivity contribution < 1.29 is 48.8 Å². The molecule has 0 bridgehead atoms. The van der Waals surface area contributed by atoms with E-state index < -0.39 is 35.4 Å². The zero-order valence-corrected chi connectivity index (χ0v) is 31.3. The van der Waals surface area contributed by atoms with Gasteiger partial charge in [-0.15, -0.1) is 4.73 Å². The molecule has 0 aliphatic carbocycles. The molecule has 0 unspecified atom stereocenters. The van der Waals surface area contributed by atoms with Gasteiger partial charge in [0.05, 0.1) is 34.6 Å². The number of hydrogen-bond acceptors (Lipinski definition) is 12. The van der Waals surface area contributed by atoms with Crippen LogP contribution in [0.2, 0.25) is 0 Å². The van der Waals surface area contributed by atoms with Crippen LogP contribution in [0.15, 0.2) is 65.5 Å². The number of cyclic esters (lactones) is 1. The van der Waals surface area contributed by atoms with E-state index in [0.29, 0.717) is 47.3 Å². The molecule has 2 aliphatic heterocycles. The molecule has 57 heavy (non-hydrogen) atoms. The average Bonchev–Trinajstić information content (AvgIpc) is 3.73. The second kappa shape index (κ2) is 15.7. The summed E-state index contributed by atoms with van der Waals surface area (Å²) >= 11 is 0. The number of aromatic nitrogens is 3. The highest BCUT2D eigenvalue weighted by atomic mass is 16.7. The van der Waals surface area contributed by atoms with Crippen molar-refractivity contribution in [2.45, 2.75) is 77.7 Å². The van der Waals surface area contributed by atoms with Crippen molar-refractivity contribution in [3.63, 3.8) is 0 Å². The Morgan fingerprint density at radius 3 is 2.39 bits per heavy atom. The quantitative estimate of drug-likeness (QED) is 0.0812. The number of fused-ring (bicyclic) bond motifs is 5. The summed E-state index contributed by atoms with van der Waals surface area (Å²) in [6.07, 6.45) is 1.75. The van der Waals surface area contributed by atoms with Crippen molar-refractivity contribution in [1.82, 2.24) is 24.9 Å². The number of hydrogen-bond donors (Lipinski definition) is 5. The molecule has 5 heterocycles. The number of nitrogens with one attached hydrogen (secondary N) is 2. The number of aryl methyl sites for hydroxylation is 1. The Hall–Kier alpha value is -6.84. The van der Waals surface area contributed by atoms with E-state index in [1.807, 2.05) is 6.92 Å². The van der Waals surface area contributed by atoms with Crippen LogP contribution < -0.4 is 21.0 Å². The number of phenolic OH excluding ortho intramolecular Hbond substituents is 1. The molecule has 0 saturated heterocycles. The zero-order valence-electron chi connectivity index (χ0n) is 31.3. The molecule has 16 heteroatoms. The number of benzene rings is 2. The lowest BCUT2D eigenvalue weighted by atomic mass is 9.85. The Morgan fingerprint density at radius 1 is 0.912 bits per heavy atom. The Labute approximate surface area is 325 Å². The van der Waals surface area contributed by atoms with Gasteiger partial charge in [-0.3, -0.25) is 9.59 Å². The highest BCUT2D eigenvalue weighted by molar-refractivity contribution is 5.91. The number of nitrogens with zero attached hydrogens (tertiary/aromatic N) is 3. The molecule has 16 nitrogen and oxygen atoms in total. The summed E-state index contributed by atoms with van der Waals surface area (Å²) in [6.45, 7) is 4.12. The summed E-state index contributed by atoms with van der Waals surface area (Å²) in [5.41, 5.74) is 2.77. The van der Waals surface area contributed by atoms with Crippen LogP contribution in [0.25, 0.3) is 22.3 Å². The van der Waals surface area contributed by atoms with Gasteiger partial charge in [0.15, 0.2) is 0 Å². The van der Waals surface area contributed by atoms with Crippen LogP contribution in [0.5, 0.6) is 17.5 Å². The summed E-state index contributed by atoms with van der Waals surface area (Å²) < 4.78 is 13.5. The number of carbonyl (C=O) groups excluding carboxylic acids is 4. The van der Waals surface area contributed by atoms with Crippen molar-refractivity contribution in [2.24, 2.45) is 0 Å². The molecule has 0 saturated carbocycles. The summed E-state index contributed by atoms with van der Waals surface area (Å²) in [5.74, 6) is -2.50. The first-order chi connectivity index (χ1) is 27.4.